The highest BCUT2D eigenvalue weighted by atomic mass is 35.5. The molecule has 1 aliphatic rings. The molecule has 4 aromatic rings. The average Bonchev–Trinajstić information content (AvgIpc) is 3.46. The van der Waals surface area contributed by atoms with Gasteiger partial charge in [0.2, 0.25) is 0 Å². The summed E-state index contributed by atoms with van der Waals surface area (Å²) in [5.74, 6) is 2.33. The van der Waals surface area contributed by atoms with E-state index in [-0.39, 0.29) is 12.1 Å². The van der Waals surface area contributed by atoms with Gasteiger partial charge in [-0.05, 0) is 79.3 Å². The third-order valence-electron chi connectivity index (χ3n) is 5.90. The quantitative estimate of drug-likeness (QED) is 0.333. The zero-order valence-electron chi connectivity index (χ0n) is 18.2. The van der Waals surface area contributed by atoms with Crippen LogP contribution in [0.15, 0.2) is 83.4 Å². The fraction of sp³-hybridized carbons (Fsp3) is 0.154. The monoisotopic (exact) mass is 475 g/mol. The SMILES string of the molecule is COc1ccc(N2C(=S)N[C@H](c3ccccn3)[C@@H]2c2ccc(-c3cccc(Cl)c3C)o2)cc1. The lowest BCUT2D eigenvalue weighted by Gasteiger charge is -2.26. The Morgan fingerprint density at radius 1 is 1.03 bits per heavy atom. The maximum atomic E-state index is 6.43. The van der Waals surface area contributed by atoms with Crippen molar-refractivity contribution in [2.24, 2.45) is 0 Å². The number of nitrogens with one attached hydrogen (secondary N) is 1. The number of anilines is 1. The molecule has 33 heavy (non-hydrogen) atoms. The zero-order chi connectivity index (χ0) is 22.9. The minimum Gasteiger partial charge on any atom is -0.497 e. The minimum atomic E-state index is -0.228. The molecule has 0 unspecified atom stereocenters. The highest BCUT2D eigenvalue weighted by Crippen LogP contribution is 2.43. The van der Waals surface area contributed by atoms with Crippen molar-refractivity contribution in [2.45, 2.75) is 19.0 Å². The molecule has 1 fully saturated rings. The largest absolute Gasteiger partial charge is 0.497 e. The van der Waals surface area contributed by atoms with Crippen LogP contribution in [0, 0.1) is 6.92 Å². The maximum absolute atomic E-state index is 6.43. The Balaban J connectivity index is 1.60. The third-order valence-corrected chi connectivity index (χ3v) is 6.62. The van der Waals surface area contributed by atoms with E-state index in [1.807, 2.05) is 79.7 Å². The van der Waals surface area contributed by atoms with E-state index in [4.69, 9.17) is 33.0 Å². The van der Waals surface area contributed by atoms with Gasteiger partial charge in [0, 0.05) is 22.5 Å². The Morgan fingerprint density at radius 2 is 1.85 bits per heavy atom. The van der Waals surface area contributed by atoms with Gasteiger partial charge in [0.25, 0.3) is 0 Å². The van der Waals surface area contributed by atoms with Gasteiger partial charge in [-0.15, -0.1) is 0 Å². The van der Waals surface area contributed by atoms with Crippen LogP contribution >= 0.6 is 23.8 Å². The van der Waals surface area contributed by atoms with Crippen molar-refractivity contribution >= 4 is 34.6 Å². The molecule has 2 aromatic heterocycles. The number of ether oxygens (including phenoxy) is 1. The number of nitrogens with zero attached hydrogens (tertiary/aromatic N) is 2. The Kier molecular flexibility index (Phi) is 5.79. The highest BCUT2D eigenvalue weighted by Gasteiger charge is 2.42. The van der Waals surface area contributed by atoms with Crippen molar-refractivity contribution < 1.29 is 9.15 Å². The summed E-state index contributed by atoms with van der Waals surface area (Å²) in [4.78, 5) is 6.66. The molecular formula is C26H22ClN3O2S. The number of halogens is 1. The van der Waals surface area contributed by atoms with E-state index in [1.54, 1.807) is 13.3 Å². The number of methoxy groups -OCH3 is 1. The van der Waals surface area contributed by atoms with Crippen molar-refractivity contribution in [3.63, 3.8) is 0 Å². The van der Waals surface area contributed by atoms with Gasteiger partial charge in [-0.2, -0.15) is 0 Å². The minimum absolute atomic E-state index is 0.180. The molecule has 0 saturated carbocycles. The van der Waals surface area contributed by atoms with Gasteiger partial charge in [0.15, 0.2) is 5.11 Å². The summed E-state index contributed by atoms with van der Waals surface area (Å²) in [5, 5.41) is 4.77. The molecule has 0 amide bonds. The second-order valence-corrected chi connectivity index (χ2v) is 8.60. The molecule has 7 heteroatoms. The van der Waals surface area contributed by atoms with Gasteiger partial charge >= 0.3 is 0 Å². The fourth-order valence-corrected chi connectivity index (χ4v) is 4.72. The molecule has 1 N–H and O–H groups in total. The van der Waals surface area contributed by atoms with E-state index in [2.05, 4.69) is 15.2 Å². The van der Waals surface area contributed by atoms with E-state index < -0.39 is 0 Å². The first-order valence-corrected chi connectivity index (χ1v) is 11.4. The summed E-state index contributed by atoms with van der Waals surface area (Å²) >= 11 is 12.1. The first kappa shape index (κ1) is 21.5. The van der Waals surface area contributed by atoms with Gasteiger partial charge in [-0.3, -0.25) is 4.98 Å². The van der Waals surface area contributed by atoms with Crippen molar-refractivity contribution in [1.29, 1.82) is 0 Å². The van der Waals surface area contributed by atoms with E-state index >= 15 is 0 Å². The summed E-state index contributed by atoms with van der Waals surface area (Å²) in [5.41, 5.74) is 3.77. The van der Waals surface area contributed by atoms with Crippen molar-refractivity contribution in [3.8, 4) is 17.1 Å². The average molecular weight is 476 g/mol. The first-order chi connectivity index (χ1) is 16.1. The number of hydrogen-bond donors (Lipinski definition) is 1. The molecule has 1 saturated heterocycles. The lowest BCUT2D eigenvalue weighted by atomic mass is 10.0. The Labute approximate surface area is 203 Å². The topological polar surface area (TPSA) is 50.5 Å². The molecule has 3 heterocycles. The van der Waals surface area contributed by atoms with Crippen LogP contribution in [0.5, 0.6) is 5.75 Å². The molecule has 2 atom stereocenters. The van der Waals surface area contributed by atoms with Gasteiger partial charge in [-0.25, -0.2) is 0 Å². The highest BCUT2D eigenvalue weighted by molar-refractivity contribution is 7.80. The molecule has 5 nitrogen and oxygen atoms in total. The van der Waals surface area contributed by atoms with Crippen LogP contribution in [0.1, 0.15) is 29.1 Å². The van der Waals surface area contributed by atoms with Gasteiger partial charge in [0.05, 0.1) is 18.8 Å². The number of thiocarbonyl (C=S) groups is 1. The van der Waals surface area contributed by atoms with Crippen LogP contribution in [0.2, 0.25) is 5.02 Å². The molecule has 0 spiro atoms. The zero-order valence-corrected chi connectivity index (χ0v) is 19.7. The summed E-state index contributed by atoms with van der Waals surface area (Å²) in [6.45, 7) is 1.99. The number of furan rings is 1. The predicted molar refractivity (Wildman–Crippen MR) is 135 cm³/mol. The maximum Gasteiger partial charge on any atom is 0.174 e. The Morgan fingerprint density at radius 3 is 2.58 bits per heavy atom. The van der Waals surface area contributed by atoms with Crippen LogP contribution in [-0.4, -0.2) is 17.2 Å². The summed E-state index contributed by atoms with van der Waals surface area (Å²) in [7, 11) is 1.65. The van der Waals surface area contributed by atoms with Gasteiger partial charge in [0.1, 0.15) is 23.3 Å². The summed E-state index contributed by atoms with van der Waals surface area (Å²) in [6, 6.07) is 23.1. The van der Waals surface area contributed by atoms with Crippen LogP contribution in [0.4, 0.5) is 5.69 Å². The van der Waals surface area contributed by atoms with Gasteiger partial charge in [-0.1, -0.05) is 29.8 Å². The van der Waals surface area contributed by atoms with Crippen LogP contribution in [-0.2, 0) is 0 Å². The number of aromatic nitrogens is 1. The normalized spacial score (nSPS) is 17.8. The second kappa shape index (κ2) is 8.89. The third kappa shape index (κ3) is 3.96. The first-order valence-electron chi connectivity index (χ1n) is 10.6. The number of hydrogen-bond acceptors (Lipinski definition) is 4. The lowest BCUT2D eigenvalue weighted by molar-refractivity contribution is 0.414. The predicted octanol–water partition coefficient (Wildman–Crippen LogP) is 6.49. The summed E-state index contributed by atoms with van der Waals surface area (Å²) < 4.78 is 11.8. The second-order valence-electron chi connectivity index (χ2n) is 7.81. The standard InChI is InChI=1S/C26H22ClN3O2S/c1-16-19(6-5-7-20(16)27)22-13-14-23(32-22)25-24(21-8-3-4-15-28-21)29-26(33)30(25)17-9-11-18(31-2)12-10-17/h3-15,24-25H,1-2H3,(H,29,33)/t24-,25+/m1/s1. The number of benzene rings is 2. The fourth-order valence-electron chi connectivity index (χ4n) is 4.20. The van der Waals surface area contributed by atoms with Crippen LogP contribution in [0.25, 0.3) is 11.3 Å². The Hall–Kier alpha value is -3.35. The molecule has 5 rings (SSSR count). The molecule has 2 aromatic carbocycles. The van der Waals surface area contributed by atoms with Crippen molar-refractivity contribution in [3.05, 3.63) is 101 Å². The van der Waals surface area contributed by atoms with Gasteiger partial charge < -0.3 is 19.4 Å². The van der Waals surface area contributed by atoms with Crippen LogP contribution in [0.3, 0.4) is 0 Å². The molecule has 166 valence electrons. The van der Waals surface area contributed by atoms with E-state index in [0.717, 1.165) is 39.8 Å². The summed E-state index contributed by atoms with van der Waals surface area (Å²) in [6.07, 6.45) is 1.79. The molecule has 1 aliphatic heterocycles. The number of pyridine rings is 1. The van der Waals surface area contributed by atoms with E-state index in [9.17, 15) is 0 Å². The molecule has 0 aliphatic carbocycles. The van der Waals surface area contributed by atoms with E-state index in [1.165, 1.54) is 0 Å². The van der Waals surface area contributed by atoms with Crippen LogP contribution < -0.4 is 15.0 Å². The van der Waals surface area contributed by atoms with Crippen molar-refractivity contribution in [1.82, 2.24) is 10.3 Å². The Bertz CT molecular complexity index is 1290. The van der Waals surface area contributed by atoms with E-state index in [0.29, 0.717) is 10.1 Å². The molecule has 0 bridgehead atoms. The smallest absolute Gasteiger partial charge is 0.174 e. The molecular weight excluding hydrogens is 454 g/mol. The number of rotatable bonds is 5. The molecule has 0 radical (unpaired) electrons. The lowest BCUT2D eigenvalue weighted by Crippen LogP contribution is -2.29. The van der Waals surface area contributed by atoms with Crippen molar-refractivity contribution in [2.75, 3.05) is 12.0 Å².